The molecule has 0 saturated heterocycles. The maximum absolute atomic E-state index is 13.1. The highest BCUT2D eigenvalue weighted by Gasteiger charge is 2.13. The van der Waals surface area contributed by atoms with Crippen molar-refractivity contribution in [2.75, 3.05) is 5.75 Å². The highest BCUT2D eigenvalue weighted by Crippen LogP contribution is 2.21. The van der Waals surface area contributed by atoms with Crippen LogP contribution in [0.2, 0.25) is 5.02 Å². The molecule has 5 heteroatoms. The summed E-state index contributed by atoms with van der Waals surface area (Å²) in [4.78, 5) is 0.485. The SMILES string of the molecule is Cc1ccc(C(N)CS(=O)c2ccc(F)c(Cl)c2)cc1. The number of rotatable bonds is 4. The molecule has 0 saturated carbocycles. The van der Waals surface area contributed by atoms with Crippen molar-refractivity contribution in [1.29, 1.82) is 0 Å². The van der Waals surface area contributed by atoms with Crippen LogP contribution in [-0.2, 0) is 10.8 Å². The molecular formula is C15H15ClFNOS. The average molecular weight is 312 g/mol. The number of benzene rings is 2. The minimum absolute atomic E-state index is 0.0280. The van der Waals surface area contributed by atoms with Gasteiger partial charge in [0.2, 0.25) is 0 Å². The molecule has 2 nitrogen and oxygen atoms in total. The Morgan fingerprint density at radius 1 is 1.25 bits per heavy atom. The highest BCUT2D eigenvalue weighted by molar-refractivity contribution is 7.85. The van der Waals surface area contributed by atoms with Gasteiger partial charge in [0.1, 0.15) is 5.82 Å². The standard InChI is InChI=1S/C15H15ClFNOS/c1-10-2-4-11(5-3-10)15(18)9-20(19)12-6-7-14(17)13(16)8-12/h2-8,15H,9,18H2,1H3. The third-order valence-corrected chi connectivity index (χ3v) is 4.72. The Morgan fingerprint density at radius 3 is 2.50 bits per heavy atom. The second-order valence-electron chi connectivity index (χ2n) is 4.61. The van der Waals surface area contributed by atoms with Gasteiger partial charge in [-0.1, -0.05) is 41.4 Å². The first-order valence-electron chi connectivity index (χ1n) is 6.13. The Balaban J connectivity index is 2.10. The summed E-state index contributed by atoms with van der Waals surface area (Å²) < 4.78 is 25.3. The molecule has 0 heterocycles. The number of hydrogen-bond donors (Lipinski definition) is 1. The number of halogens is 2. The Bertz CT molecular complexity index is 630. The maximum Gasteiger partial charge on any atom is 0.141 e. The summed E-state index contributed by atoms with van der Waals surface area (Å²) in [5, 5.41) is -0.0280. The molecule has 0 fully saturated rings. The van der Waals surface area contributed by atoms with E-state index in [0.717, 1.165) is 11.1 Å². The van der Waals surface area contributed by atoms with Crippen LogP contribution < -0.4 is 5.73 Å². The lowest BCUT2D eigenvalue weighted by atomic mass is 10.1. The van der Waals surface area contributed by atoms with Gasteiger partial charge in [-0.2, -0.15) is 0 Å². The fraction of sp³-hybridized carbons (Fsp3) is 0.200. The second-order valence-corrected chi connectivity index (χ2v) is 6.51. The summed E-state index contributed by atoms with van der Waals surface area (Å²) in [7, 11) is -1.31. The van der Waals surface area contributed by atoms with E-state index < -0.39 is 16.6 Å². The minimum Gasteiger partial charge on any atom is -0.323 e. The Labute approximate surface area is 125 Å². The minimum atomic E-state index is -1.31. The first kappa shape index (κ1) is 15.2. The summed E-state index contributed by atoms with van der Waals surface area (Å²) in [6, 6.07) is 11.5. The van der Waals surface area contributed by atoms with E-state index in [9.17, 15) is 8.60 Å². The molecule has 20 heavy (non-hydrogen) atoms. The normalized spacial score (nSPS) is 14.0. The zero-order valence-corrected chi connectivity index (χ0v) is 12.5. The van der Waals surface area contributed by atoms with E-state index in [1.54, 1.807) is 0 Å². The van der Waals surface area contributed by atoms with Crippen molar-refractivity contribution >= 4 is 22.4 Å². The van der Waals surface area contributed by atoms with E-state index in [4.69, 9.17) is 17.3 Å². The number of hydrogen-bond acceptors (Lipinski definition) is 2. The van der Waals surface area contributed by atoms with Gasteiger partial charge in [0, 0.05) is 16.7 Å². The van der Waals surface area contributed by atoms with Crippen molar-refractivity contribution in [2.24, 2.45) is 5.73 Å². The summed E-state index contributed by atoms with van der Waals surface area (Å²) in [6.45, 7) is 1.99. The molecular weight excluding hydrogens is 297 g/mol. The highest BCUT2D eigenvalue weighted by atomic mass is 35.5. The van der Waals surface area contributed by atoms with Crippen LogP contribution in [0, 0.1) is 12.7 Å². The molecule has 0 radical (unpaired) electrons. The van der Waals surface area contributed by atoms with Crippen molar-refractivity contribution in [3.05, 3.63) is 64.4 Å². The number of aryl methyl sites for hydroxylation is 1. The molecule has 2 aromatic rings. The van der Waals surface area contributed by atoms with Gasteiger partial charge in [-0.15, -0.1) is 0 Å². The zero-order valence-electron chi connectivity index (χ0n) is 11.0. The predicted octanol–water partition coefficient (Wildman–Crippen LogP) is 3.60. The molecule has 0 aliphatic heterocycles. The molecule has 0 bridgehead atoms. The quantitative estimate of drug-likeness (QED) is 0.937. The van der Waals surface area contributed by atoms with Crippen LogP contribution in [0.25, 0.3) is 0 Å². The lowest BCUT2D eigenvalue weighted by Gasteiger charge is -2.12. The fourth-order valence-electron chi connectivity index (χ4n) is 1.79. The largest absolute Gasteiger partial charge is 0.323 e. The molecule has 0 aliphatic rings. The van der Waals surface area contributed by atoms with E-state index in [-0.39, 0.29) is 16.8 Å². The third-order valence-electron chi connectivity index (χ3n) is 2.99. The fourth-order valence-corrected chi connectivity index (χ4v) is 3.21. The molecule has 2 N–H and O–H groups in total. The topological polar surface area (TPSA) is 43.1 Å². The Hall–Kier alpha value is -1.23. The molecule has 2 unspecified atom stereocenters. The van der Waals surface area contributed by atoms with Crippen LogP contribution in [0.5, 0.6) is 0 Å². The summed E-state index contributed by atoms with van der Waals surface area (Å²) in [6.07, 6.45) is 0. The van der Waals surface area contributed by atoms with Crippen molar-refractivity contribution in [2.45, 2.75) is 17.9 Å². The van der Waals surface area contributed by atoms with Crippen LogP contribution in [0.3, 0.4) is 0 Å². The van der Waals surface area contributed by atoms with Gasteiger partial charge in [-0.3, -0.25) is 4.21 Å². The van der Waals surface area contributed by atoms with Crippen LogP contribution in [-0.4, -0.2) is 9.96 Å². The third kappa shape index (κ3) is 3.66. The van der Waals surface area contributed by atoms with E-state index in [1.165, 1.54) is 18.2 Å². The van der Waals surface area contributed by atoms with E-state index in [2.05, 4.69) is 0 Å². The molecule has 2 aromatic carbocycles. The monoisotopic (exact) mass is 311 g/mol. The molecule has 106 valence electrons. The first-order valence-corrected chi connectivity index (χ1v) is 7.82. The van der Waals surface area contributed by atoms with Crippen molar-refractivity contribution in [3.63, 3.8) is 0 Å². The van der Waals surface area contributed by atoms with Gasteiger partial charge in [-0.25, -0.2) is 4.39 Å². The summed E-state index contributed by atoms with van der Waals surface area (Å²) in [5.74, 6) is -0.249. The zero-order chi connectivity index (χ0) is 14.7. The summed E-state index contributed by atoms with van der Waals surface area (Å²) in [5.41, 5.74) is 8.12. The van der Waals surface area contributed by atoms with Gasteiger partial charge in [0.25, 0.3) is 0 Å². The van der Waals surface area contributed by atoms with Crippen LogP contribution in [0.4, 0.5) is 4.39 Å². The molecule has 0 spiro atoms. The van der Waals surface area contributed by atoms with E-state index >= 15 is 0 Å². The van der Waals surface area contributed by atoms with Crippen molar-refractivity contribution in [1.82, 2.24) is 0 Å². The van der Waals surface area contributed by atoms with E-state index in [0.29, 0.717) is 4.90 Å². The first-order chi connectivity index (χ1) is 9.47. The van der Waals surface area contributed by atoms with Crippen LogP contribution >= 0.6 is 11.6 Å². The lowest BCUT2D eigenvalue weighted by Crippen LogP contribution is -2.18. The molecule has 0 aliphatic carbocycles. The molecule has 2 atom stereocenters. The molecule has 0 amide bonds. The predicted molar refractivity (Wildman–Crippen MR) is 80.8 cm³/mol. The van der Waals surface area contributed by atoms with Crippen molar-refractivity contribution < 1.29 is 8.60 Å². The lowest BCUT2D eigenvalue weighted by molar-refractivity contribution is 0.626. The molecule has 2 rings (SSSR count). The second kappa shape index (κ2) is 6.48. The van der Waals surface area contributed by atoms with Gasteiger partial charge in [0.15, 0.2) is 0 Å². The maximum atomic E-state index is 13.1. The number of nitrogens with two attached hydrogens (primary N) is 1. The Morgan fingerprint density at radius 2 is 1.90 bits per heavy atom. The smallest absolute Gasteiger partial charge is 0.141 e. The van der Waals surface area contributed by atoms with Crippen LogP contribution in [0.1, 0.15) is 17.2 Å². The van der Waals surface area contributed by atoms with Gasteiger partial charge < -0.3 is 5.73 Å². The summed E-state index contributed by atoms with van der Waals surface area (Å²) >= 11 is 5.69. The van der Waals surface area contributed by atoms with Gasteiger partial charge in [-0.05, 0) is 30.7 Å². The molecule has 0 aromatic heterocycles. The van der Waals surface area contributed by atoms with Gasteiger partial charge in [0.05, 0.1) is 15.8 Å². The van der Waals surface area contributed by atoms with Crippen molar-refractivity contribution in [3.8, 4) is 0 Å². The van der Waals surface area contributed by atoms with Gasteiger partial charge >= 0.3 is 0 Å². The Kier molecular flexibility index (Phi) is 4.91. The average Bonchev–Trinajstić information content (AvgIpc) is 2.42. The van der Waals surface area contributed by atoms with E-state index in [1.807, 2.05) is 31.2 Å². The van der Waals surface area contributed by atoms with Crippen LogP contribution in [0.15, 0.2) is 47.4 Å².